The molecule has 1 rings (SSSR count). The van der Waals surface area contributed by atoms with Crippen molar-refractivity contribution in [2.45, 2.75) is 59.4 Å². The third-order valence-electron chi connectivity index (χ3n) is 4.18. The number of hydrogen-bond acceptors (Lipinski definition) is 2. The summed E-state index contributed by atoms with van der Waals surface area (Å²) in [5.74, 6) is -0.331. The number of carbonyl (C=O) groups excluding carboxylic acids is 1. The average molecular weight is 284 g/mol. The van der Waals surface area contributed by atoms with Gasteiger partial charge in [0.15, 0.2) is 0 Å². The predicted octanol–water partition coefficient (Wildman–Crippen LogP) is 2.71. The number of aliphatic carboxylic acids is 1. The summed E-state index contributed by atoms with van der Waals surface area (Å²) in [6.45, 7) is 10.0. The first-order chi connectivity index (χ1) is 9.25. The highest BCUT2D eigenvalue weighted by Gasteiger charge is 2.31. The van der Waals surface area contributed by atoms with E-state index in [1.807, 2.05) is 6.92 Å². The second-order valence-electron chi connectivity index (χ2n) is 6.76. The maximum Gasteiger partial charge on any atom is 0.326 e. The van der Waals surface area contributed by atoms with E-state index in [9.17, 15) is 9.59 Å². The summed E-state index contributed by atoms with van der Waals surface area (Å²) >= 11 is 0. The number of nitrogens with zero attached hydrogens (tertiary/aromatic N) is 1. The van der Waals surface area contributed by atoms with E-state index < -0.39 is 12.0 Å². The molecule has 1 aliphatic rings. The molecule has 0 aromatic carbocycles. The molecular weight excluding hydrogens is 256 g/mol. The minimum atomic E-state index is -0.954. The highest BCUT2D eigenvalue weighted by atomic mass is 16.4. The average Bonchev–Trinajstić information content (AvgIpc) is 2.37. The normalized spacial score (nSPS) is 18.7. The summed E-state index contributed by atoms with van der Waals surface area (Å²) in [6, 6.07) is -1.01. The highest BCUT2D eigenvalue weighted by Crippen LogP contribution is 2.34. The lowest BCUT2D eigenvalue weighted by Crippen LogP contribution is -2.50. The van der Waals surface area contributed by atoms with E-state index in [4.69, 9.17) is 5.11 Å². The molecule has 0 saturated carbocycles. The third kappa shape index (κ3) is 4.69. The van der Waals surface area contributed by atoms with Crippen LogP contribution in [0.3, 0.4) is 0 Å². The standard InChI is InChI=1S/C15H28N2O3/c1-5-6-12(13(18)19)16-14(20)17-9-7-11(8-10-17)15(2,3)4/h11-12H,5-10H2,1-4H3,(H,16,20)(H,18,19)/t12-/m1/s1. The monoisotopic (exact) mass is 284 g/mol. The number of likely N-dealkylation sites (tertiary alicyclic amines) is 1. The zero-order valence-electron chi connectivity index (χ0n) is 13.1. The molecule has 5 nitrogen and oxygen atoms in total. The Labute approximate surface area is 121 Å². The van der Waals surface area contributed by atoms with Gasteiger partial charge in [-0.15, -0.1) is 0 Å². The molecule has 1 fully saturated rings. The van der Waals surface area contributed by atoms with Crippen molar-refractivity contribution >= 4 is 12.0 Å². The minimum absolute atomic E-state index is 0.238. The van der Waals surface area contributed by atoms with Gasteiger partial charge in [-0.05, 0) is 30.6 Å². The van der Waals surface area contributed by atoms with Crippen molar-refractivity contribution in [2.24, 2.45) is 11.3 Å². The third-order valence-corrected chi connectivity index (χ3v) is 4.18. The van der Waals surface area contributed by atoms with Crippen molar-refractivity contribution in [1.29, 1.82) is 0 Å². The molecule has 0 radical (unpaired) electrons. The second kappa shape index (κ2) is 6.95. The second-order valence-corrected chi connectivity index (χ2v) is 6.76. The molecule has 116 valence electrons. The molecule has 1 saturated heterocycles. The van der Waals surface area contributed by atoms with E-state index in [1.54, 1.807) is 4.90 Å². The van der Waals surface area contributed by atoms with Crippen LogP contribution in [0.15, 0.2) is 0 Å². The molecule has 0 aromatic rings. The van der Waals surface area contributed by atoms with E-state index in [-0.39, 0.29) is 11.4 Å². The molecule has 5 heteroatoms. The lowest BCUT2D eigenvalue weighted by molar-refractivity contribution is -0.139. The van der Waals surface area contributed by atoms with Crippen molar-refractivity contribution in [2.75, 3.05) is 13.1 Å². The Balaban J connectivity index is 2.48. The summed E-state index contributed by atoms with van der Waals surface area (Å²) in [7, 11) is 0. The molecule has 1 aliphatic heterocycles. The van der Waals surface area contributed by atoms with Gasteiger partial charge < -0.3 is 15.3 Å². The van der Waals surface area contributed by atoms with Crippen LogP contribution < -0.4 is 5.32 Å². The van der Waals surface area contributed by atoms with E-state index >= 15 is 0 Å². The van der Waals surface area contributed by atoms with Crippen LogP contribution in [-0.4, -0.2) is 41.1 Å². The Hall–Kier alpha value is -1.26. The fraction of sp³-hybridized carbons (Fsp3) is 0.867. The molecule has 1 atom stereocenters. The number of piperidine rings is 1. The summed E-state index contributed by atoms with van der Waals surface area (Å²) in [4.78, 5) is 24.9. The maximum absolute atomic E-state index is 12.1. The zero-order valence-corrected chi connectivity index (χ0v) is 13.1. The molecule has 0 aromatic heterocycles. The van der Waals surface area contributed by atoms with Crippen LogP contribution >= 0.6 is 0 Å². The Morgan fingerprint density at radius 1 is 1.30 bits per heavy atom. The van der Waals surface area contributed by atoms with Crippen LogP contribution in [0.5, 0.6) is 0 Å². The Bertz CT molecular complexity index is 342. The van der Waals surface area contributed by atoms with E-state index in [0.717, 1.165) is 19.3 Å². The van der Waals surface area contributed by atoms with Crippen LogP contribution in [-0.2, 0) is 4.79 Å². The van der Waals surface area contributed by atoms with Crippen LogP contribution in [0.1, 0.15) is 53.4 Å². The predicted molar refractivity (Wildman–Crippen MR) is 78.6 cm³/mol. The van der Waals surface area contributed by atoms with Gasteiger partial charge in [0, 0.05) is 13.1 Å². The molecular formula is C15H28N2O3. The summed E-state index contributed by atoms with van der Waals surface area (Å²) in [5.41, 5.74) is 0.272. The lowest BCUT2D eigenvalue weighted by atomic mass is 9.75. The molecule has 2 N–H and O–H groups in total. The Kier molecular flexibility index (Phi) is 5.84. The summed E-state index contributed by atoms with van der Waals surface area (Å²) < 4.78 is 0. The van der Waals surface area contributed by atoms with E-state index in [2.05, 4.69) is 26.1 Å². The van der Waals surface area contributed by atoms with Crippen molar-refractivity contribution in [3.05, 3.63) is 0 Å². The number of carboxylic acids is 1. The molecule has 2 amide bonds. The minimum Gasteiger partial charge on any atom is -0.480 e. The Morgan fingerprint density at radius 3 is 2.25 bits per heavy atom. The van der Waals surface area contributed by atoms with Gasteiger partial charge in [-0.3, -0.25) is 0 Å². The number of carboxylic acid groups (broad SMARTS) is 1. The van der Waals surface area contributed by atoms with Crippen LogP contribution in [0.4, 0.5) is 4.79 Å². The zero-order chi connectivity index (χ0) is 15.3. The molecule has 20 heavy (non-hydrogen) atoms. The molecule has 0 aliphatic carbocycles. The fourth-order valence-electron chi connectivity index (χ4n) is 2.73. The lowest BCUT2D eigenvalue weighted by Gasteiger charge is -2.39. The molecule has 0 spiro atoms. The van der Waals surface area contributed by atoms with Crippen molar-refractivity contribution in [3.63, 3.8) is 0 Å². The van der Waals surface area contributed by atoms with Gasteiger partial charge in [-0.2, -0.15) is 0 Å². The molecule has 1 heterocycles. The maximum atomic E-state index is 12.1. The number of urea groups is 1. The van der Waals surface area contributed by atoms with Gasteiger partial charge in [0.05, 0.1) is 0 Å². The van der Waals surface area contributed by atoms with E-state index in [0.29, 0.717) is 25.4 Å². The first-order valence-electron chi connectivity index (χ1n) is 7.54. The van der Waals surface area contributed by atoms with Crippen molar-refractivity contribution < 1.29 is 14.7 Å². The summed E-state index contributed by atoms with van der Waals surface area (Å²) in [6.07, 6.45) is 3.19. The van der Waals surface area contributed by atoms with Gasteiger partial charge in [-0.1, -0.05) is 34.1 Å². The number of carbonyl (C=O) groups is 2. The Morgan fingerprint density at radius 2 is 1.85 bits per heavy atom. The van der Waals surface area contributed by atoms with Crippen LogP contribution in [0, 0.1) is 11.3 Å². The first kappa shape index (κ1) is 16.8. The van der Waals surface area contributed by atoms with Gasteiger partial charge in [0.1, 0.15) is 6.04 Å². The largest absolute Gasteiger partial charge is 0.480 e. The van der Waals surface area contributed by atoms with Gasteiger partial charge in [-0.25, -0.2) is 9.59 Å². The first-order valence-corrected chi connectivity index (χ1v) is 7.54. The van der Waals surface area contributed by atoms with Crippen LogP contribution in [0.2, 0.25) is 0 Å². The van der Waals surface area contributed by atoms with Gasteiger partial charge in [0.25, 0.3) is 0 Å². The number of rotatable bonds is 4. The smallest absolute Gasteiger partial charge is 0.326 e. The van der Waals surface area contributed by atoms with Gasteiger partial charge in [0.2, 0.25) is 0 Å². The summed E-state index contributed by atoms with van der Waals surface area (Å²) in [5, 5.41) is 11.7. The van der Waals surface area contributed by atoms with Gasteiger partial charge >= 0.3 is 12.0 Å². The topological polar surface area (TPSA) is 69.6 Å². The number of hydrogen-bond donors (Lipinski definition) is 2. The van der Waals surface area contributed by atoms with E-state index in [1.165, 1.54) is 0 Å². The number of nitrogens with one attached hydrogen (secondary N) is 1. The van der Waals surface area contributed by atoms with Crippen molar-refractivity contribution in [3.8, 4) is 0 Å². The van der Waals surface area contributed by atoms with Crippen LogP contribution in [0.25, 0.3) is 0 Å². The number of amides is 2. The quantitative estimate of drug-likeness (QED) is 0.834. The highest BCUT2D eigenvalue weighted by molar-refractivity contribution is 5.82. The molecule has 0 bridgehead atoms. The fourth-order valence-corrected chi connectivity index (χ4v) is 2.73. The molecule has 0 unspecified atom stereocenters. The van der Waals surface area contributed by atoms with Crippen molar-refractivity contribution in [1.82, 2.24) is 10.2 Å². The SMILES string of the molecule is CCC[C@@H](NC(=O)N1CCC(C(C)(C)C)CC1)C(=O)O.